The summed E-state index contributed by atoms with van der Waals surface area (Å²) in [6, 6.07) is 20.0. The molecular weight excluding hydrogens is 482 g/mol. The molecule has 0 spiro atoms. The fourth-order valence-corrected chi connectivity index (χ4v) is 4.86. The van der Waals surface area contributed by atoms with E-state index in [1.165, 1.54) is 16.9 Å². The lowest BCUT2D eigenvalue weighted by Gasteiger charge is -2.26. The van der Waals surface area contributed by atoms with Gasteiger partial charge in [0.2, 0.25) is 0 Å². The Morgan fingerprint density at radius 1 is 1.14 bits per heavy atom. The van der Waals surface area contributed by atoms with E-state index in [4.69, 9.17) is 9.47 Å². The number of ether oxygens (including phenoxy) is 2. The second-order valence-electron chi connectivity index (χ2n) is 8.18. The van der Waals surface area contributed by atoms with E-state index in [1.54, 1.807) is 12.4 Å². The van der Waals surface area contributed by atoms with Gasteiger partial charge in [0.1, 0.15) is 22.5 Å². The number of carbonyl (C=O) groups is 1. The van der Waals surface area contributed by atoms with Gasteiger partial charge in [-0.1, -0.05) is 41.7 Å². The maximum Gasteiger partial charge on any atom is 0.279 e. The molecule has 3 heterocycles. The molecule has 0 radical (unpaired) electrons. The van der Waals surface area contributed by atoms with Crippen LogP contribution in [0.1, 0.15) is 44.6 Å². The van der Waals surface area contributed by atoms with Crippen LogP contribution in [-0.4, -0.2) is 22.4 Å². The van der Waals surface area contributed by atoms with Crippen molar-refractivity contribution in [2.45, 2.75) is 32.3 Å². The van der Waals surface area contributed by atoms with Crippen LogP contribution in [-0.2, 0) is 12.8 Å². The number of benzene rings is 2. The second-order valence-corrected chi connectivity index (χ2v) is 9.14. The van der Waals surface area contributed by atoms with Crippen LogP contribution < -0.4 is 14.8 Å². The molecule has 2 aromatic carbocycles. The van der Waals surface area contributed by atoms with E-state index < -0.39 is 0 Å². The third-order valence-corrected chi connectivity index (χ3v) is 6.82. The van der Waals surface area contributed by atoms with E-state index in [9.17, 15) is 4.79 Å². The summed E-state index contributed by atoms with van der Waals surface area (Å²) in [6.45, 7) is 2.37. The number of amides is 1. The lowest BCUT2D eigenvalue weighted by Crippen LogP contribution is -2.25. The first-order valence-electron chi connectivity index (χ1n) is 11.3. The van der Waals surface area contributed by atoms with Gasteiger partial charge in [0.15, 0.2) is 0 Å². The van der Waals surface area contributed by atoms with Gasteiger partial charge in [-0.2, -0.15) is 0 Å². The number of nitrogens with one attached hydrogen (secondary N) is 1. The van der Waals surface area contributed by atoms with Gasteiger partial charge in [-0.25, -0.2) is 4.98 Å². The first-order valence-corrected chi connectivity index (χ1v) is 12.1. The highest BCUT2D eigenvalue weighted by Crippen LogP contribution is 2.38. The Bertz CT molecular complexity index is 1280. The smallest absolute Gasteiger partial charge is 0.279 e. The van der Waals surface area contributed by atoms with Crippen molar-refractivity contribution in [1.29, 1.82) is 0 Å². The molecule has 1 amide bonds. The molecule has 1 N–H and O–H groups in total. The molecule has 1 aliphatic rings. The molecule has 6 nitrogen and oxygen atoms in total. The van der Waals surface area contributed by atoms with Crippen LogP contribution in [0, 0.1) is 6.92 Å². The first-order chi connectivity index (χ1) is 16.7. The van der Waals surface area contributed by atoms with E-state index >= 15 is 0 Å². The van der Waals surface area contributed by atoms with Crippen molar-refractivity contribution in [3.63, 3.8) is 0 Å². The Balaban J connectivity index is 0.00000289. The minimum absolute atomic E-state index is 0. The maximum atomic E-state index is 12.6. The van der Waals surface area contributed by atoms with E-state index in [2.05, 4.69) is 27.4 Å². The molecule has 0 saturated carbocycles. The summed E-state index contributed by atoms with van der Waals surface area (Å²) in [5.41, 5.74) is 4.10. The number of hydrogen-bond donors (Lipinski definition) is 1. The number of aromatic nitrogens is 2. The fraction of sp³-hybridized carbons (Fsp3) is 0.222. The van der Waals surface area contributed by atoms with Gasteiger partial charge in [0, 0.05) is 18.9 Å². The van der Waals surface area contributed by atoms with Crippen LogP contribution in [0.2, 0.25) is 0 Å². The van der Waals surface area contributed by atoms with Gasteiger partial charge < -0.3 is 14.8 Å². The molecule has 1 atom stereocenters. The van der Waals surface area contributed by atoms with Crippen molar-refractivity contribution >= 4 is 29.7 Å². The van der Waals surface area contributed by atoms with Crippen LogP contribution in [0.15, 0.2) is 73.1 Å². The molecule has 0 bridgehead atoms. The number of rotatable bonds is 7. The molecule has 0 aliphatic carbocycles. The number of pyridine rings is 1. The summed E-state index contributed by atoms with van der Waals surface area (Å²) < 4.78 is 12.2. The van der Waals surface area contributed by atoms with Crippen LogP contribution in [0.4, 0.5) is 0 Å². The largest absolute Gasteiger partial charge is 0.485 e. The average molecular weight is 508 g/mol. The summed E-state index contributed by atoms with van der Waals surface area (Å²) in [6.07, 6.45) is 6.15. The lowest BCUT2D eigenvalue weighted by atomic mass is 9.97. The molecule has 0 saturated heterocycles. The number of carbonyl (C=O) groups excluding carboxylic acids is 1. The summed E-state index contributed by atoms with van der Waals surface area (Å²) in [7, 11) is 0. The third-order valence-electron chi connectivity index (χ3n) is 5.79. The van der Waals surface area contributed by atoms with Gasteiger partial charge >= 0.3 is 0 Å². The summed E-state index contributed by atoms with van der Waals surface area (Å²) in [5.74, 6) is 1.45. The highest BCUT2D eigenvalue weighted by molar-refractivity contribution is 7.15. The molecule has 5 rings (SSSR count). The standard InChI is InChI=1S/C27H25N3O3S.ClH/c1-18-25(26(31)29-16-13-19-11-14-28-15-12-19)34-27(30-18)32-22-8-10-24-21(17-22)7-9-23(33-24)20-5-3-2-4-6-20;/h2-6,8,10-12,14-15,17,23H,7,9,13,16H2,1H3,(H,29,31);1H. The maximum absolute atomic E-state index is 12.6. The normalized spacial score (nSPS) is 14.3. The van der Waals surface area contributed by atoms with Gasteiger partial charge in [-0.3, -0.25) is 9.78 Å². The molecule has 2 aromatic heterocycles. The van der Waals surface area contributed by atoms with Crippen molar-refractivity contribution in [3.05, 3.63) is 100 Å². The van der Waals surface area contributed by atoms with Crippen LogP contribution >= 0.6 is 23.7 Å². The quantitative estimate of drug-likeness (QED) is 0.327. The van der Waals surface area contributed by atoms with Crippen molar-refractivity contribution in [1.82, 2.24) is 15.3 Å². The Labute approximate surface area is 214 Å². The number of hydrogen-bond acceptors (Lipinski definition) is 6. The number of thiazole rings is 1. The predicted octanol–water partition coefficient (Wildman–Crippen LogP) is 6.10. The van der Waals surface area contributed by atoms with E-state index in [0.29, 0.717) is 28.1 Å². The van der Waals surface area contributed by atoms with Crippen LogP contribution in [0.25, 0.3) is 0 Å². The highest BCUT2D eigenvalue weighted by atomic mass is 35.5. The molecular formula is C27H26ClN3O3S. The van der Waals surface area contributed by atoms with Gasteiger partial charge in [0.25, 0.3) is 11.1 Å². The van der Waals surface area contributed by atoms with Crippen molar-refractivity contribution < 1.29 is 14.3 Å². The number of halogens is 1. The Kier molecular flexibility index (Phi) is 8.00. The molecule has 35 heavy (non-hydrogen) atoms. The topological polar surface area (TPSA) is 73.3 Å². The van der Waals surface area contributed by atoms with E-state index in [-0.39, 0.29) is 24.4 Å². The lowest BCUT2D eigenvalue weighted by molar-refractivity contribution is 0.0957. The molecule has 1 unspecified atom stereocenters. The SMILES string of the molecule is Cc1nc(Oc2ccc3c(c2)CCC(c2ccccc2)O3)sc1C(=O)NCCc1ccncc1.Cl. The minimum atomic E-state index is -0.135. The summed E-state index contributed by atoms with van der Waals surface area (Å²) in [4.78, 5) is 21.7. The van der Waals surface area contributed by atoms with Crippen LogP contribution in [0.3, 0.4) is 0 Å². The zero-order valence-corrected chi connectivity index (χ0v) is 20.9. The molecule has 180 valence electrons. The molecule has 8 heteroatoms. The van der Waals surface area contributed by atoms with Gasteiger partial charge in [-0.15, -0.1) is 12.4 Å². The number of nitrogens with zero attached hydrogens (tertiary/aromatic N) is 2. The molecule has 1 aliphatic heterocycles. The zero-order chi connectivity index (χ0) is 23.3. The zero-order valence-electron chi connectivity index (χ0n) is 19.3. The van der Waals surface area contributed by atoms with Gasteiger partial charge in [-0.05, 0) is 73.2 Å². The Morgan fingerprint density at radius 3 is 2.74 bits per heavy atom. The van der Waals surface area contributed by atoms with Crippen molar-refractivity contribution in [2.75, 3.05) is 6.54 Å². The second kappa shape index (κ2) is 11.3. The fourth-order valence-electron chi connectivity index (χ4n) is 4.01. The minimum Gasteiger partial charge on any atom is -0.485 e. The molecule has 4 aromatic rings. The summed E-state index contributed by atoms with van der Waals surface area (Å²) >= 11 is 1.26. The Hall–Kier alpha value is -3.42. The monoisotopic (exact) mass is 507 g/mol. The van der Waals surface area contributed by atoms with Crippen molar-refractivity contribution in [3.8, 4) is 16.7 Å². The van der Waals surface area contributed by atoms with E-state index in [1.807, 2.05) is 55.5 Å². The Morgan fingerprint density at radius 2 is 1.94 bits per heavy atom. The summed E-state index contributed by atoms with van der Waals surface area (Å²) in [5, 5.41) is 3.42. The number of aryl methyl sites for hydroxylation is 2. The number of fused-ring (bicyclic) bond motifs is 1. The highest BCUT2D eigenvalue weighted by Gasteiger charge is 2.22. The predicted molar refractivity (Wildman–Crippen MR) is 139 cm³/mol. The molecule has 0 fully saturated rings. The van der Waals surface area contributed by atoms with Crippen molar-refractivity contribution in [2.24, 2.45) is 0 Å². The van der Waals surface area contributed by atoms with Gasteiger partial charge in [0.05, 0.1) is 5.69 Å². The van der Waals surface area contributed by atoms with E-state index in [0.717, 1.165) is 36.1 Å². The third kappa shape index (κ3) is 5.99. The van der Waals surface area contributed by atoms with Crippen LogP contribution in [0.5, 0.6) is 16.7 Å². The average Bonchev–Trinajstić information content (AvgIpc) is 3.24. The first kappa shape index (κ1) is 24.7.